The van der Waals surface area contributed by atoms with Crippen LogP contribution in [0.1, 0.15) is 27.7 Å². The topological polar surface area (TPSA) is 35.2 Å². The molecule has 1 atom stereocenters. The number of hydrogen-bond donors (Lipinski definition) is 1. The Labute approximate surface area is 89.7 Å². The van der Waals surface area contributed by atoms with Crippen molar-refractivity contribution in [3.8, 4) is 0 Å². The van der Waals surface area contributed by atoms with E-state index in [0.29, 0.717) is 6.61 Å². The van der Waals surface area contributed by atoms with Crippen molar-refractivity contribution in [2.45, 2.75) is 51.9 Å². The minimum atomic E-state index is -1.63. The molecule has 0 bridgehead atoms. The Kier molecular flexibility index (Phi) is 4.56. The lowest BCUT2D eigenvalue weighted by molar-refractivity contribution is 0.275. The second-order valence-corrected chi connectivity index (χ2v) is 10.3. The highest BCUT2D eigenvalue weighted by Gasteiger charge is 2.37. The van der Waals surface area contributed by atoms with Crippen LogP contribution in [0, 0.1) is 0 Å². The Morgan fingerprint density at radius 1 is 1.43 bits per heavy atom. The highest BCUT2D eigenvalue weighted by molar-refractivity contribution is 6.74. The molecule has 0 aliphatic heterocycles. The molecular weight excluding hydrogens is 190 g/mol. The molecule has 0 heterocycles. The fourth-order valence-electron chi connectivity index (χ4n) is 0.657. The first kappa shape index (κ1) is 13.9. The van der Waals surface area contributed by atoms with Crippen molar-refractivity contribution in [3.63, 3.8) is 0 Å². The van der Waals surface area contributed by atoms with E-state index in [1.807, 2.05) is 6.92 Å². The first-order valence-corrected chi connectivity index (χ1v) is 8.03. The van der Waals surface area contributed by atoms with Crippen LogP contribution in [-0.2, 0) is 4.43 Å². The summed E-state index contributed by atoms with van der Waals surface area (Å²) in [5.41, 5.74) is 6.85. The van der Waals surface area contributed by atoms with E-state index in [1.54, 1.807) is 0 Å². The van der Waals surface area contributed by atoms with Crippen LogP contribution >= 0.6 is 0 Å². The van der Waals surface area contributed by atoms with Gasteiger partial charge >= 0.3 is 0 Å². The summed E-state index contributed by atoms with van der Waals surface area (Å²) in [6.07, 6.45) is 0. The molecule has 84 valence electrons. The second-order valence-electron chi connectivity index (χ2n) is 5.52. The van der Waals surface area contributed by atoms with Crippen molar-refractivity contribution < 1.29 is 4.43 Å². The van der Waals surface area contributed by atoms with Gasteiger partial charge in [0, 0.05) is 6.04 Å². The normalized spacial score (nSPS) is 15.4. The lowest BCUT2D eigenvalue weighted by Gasteiger charge is -2.37. The van der Waals surface area contributed by atoms with Gasteiger partial charge in [-0.3, -0.25) is 0 Å². The molecule has 14 heavy (non-hydrogen) atoms. The molecule has 0 saturated carbocycles. The summed E-state index contributed by atoms with van der Waals surface area (Å²) in [6, 6.07) is -0.0240. The van der Waals surface area contributed by atoms with Crippen LogP contribution in [0.15, 0.2) is 12.2 Å². The average Bonchev–Trinajstić information content (AvgIpc) is 1.97. The molecule has 0 fully saturated rings. The standard InChI is InChI=1S/C11H25NOSi/c1-9(2)10(12)8-13-14(6,7)11(3,4)5/h10H,1,8,12H2,2-7H3/t10-/m1/s1. The zero-order chi connectivity index (χ0) is 11.6. The van der Waals surface area contributed by atoms with Crippen molar-refractivity contribution in [2.75, 3.05) is 6.61 Å². The zero-order valence-electron chi connectivity index (χ0n) is 10.5. The lowest BCUT2D eigenvalue weighted by atomic mass is 10.2. The molecule has 2 nitrogen and oxygen atoms in total. The first-order valence-electron chi connectivity index (χ1n) is 5.13. The third kappa shape index (κ3) is 3.94. The van der Waals surface area contributed by atoms with Gasteiger partial charge in [0.05, 0.1) is 6.61 Å². The van der Waals surface area contributed by atoms with Gasteiger partial charge in [0.1, 0.15) is 0 Å². The largest absolute Gasteiger partial charge is 0.415 e. The molecule has 0 aliphatic rings. The van der Waals surface area contributed by atoms with Gasteiger partial charge in [-0.05, 0) is 25.1 Å². The van der Waals surface area contributed by atoms with E-state index in [9.17, 15) is 0 Å². The number of hydrogen-bond acceptors (Lipinski definition) is 2. The van der Waals surface area contributed by atoms with Gasteiger partial charge in [0.2, 0.25) is 0 Å². The molecule has 0 rings (SSSR count). The quantitative estimate of drug-likeness (QED) is 0.578. The Morgan fingerprint density at radius 3 is 2.14 bits per heavy atom. The van der Waals surface area contributed by atoms with Crippen LogP contribution < -0.4 is 5.73 Å². The predicted molar refractivity (Wildman–Crippen MR) is 65.9 cm³/mol. The van der Waals surface area contributed by atoms with Crippen molar-refractivity contribution in [1.82, 2.24) is 0 Å². The third-order valence-electron chi connectivity index (χ3n) is 3.06. The molecule has 3 heteroatoms. The summed E-state index contributed by atoms with van der Waals surface area (Å²) < 4.78 is 5.97. The zero-order valence-corrected chi connectivity index (χ0v) is 11.5. The summed E-state index contributed by atoms with van der Waals surface area (Å²) in [5, 5.41) is 0.252. The molecule has 0 aromatic heterocycles. The van der Waals surface area contributed by atoms with Gasteiger partial charge < -0.3 is 10.2 Å². The van der Waals surface area contributed by atoms with E-state index in [0.717, 1.165) is 5.57 Å². The van der Waals surface area contributed by atoms with Crippen LogP contribution in [0.25, 0.3) is 0 Å². The van der Waals surface area contributed by atoms with Crippen LogP contribution in [0.5, 0.6) is 0 Å². The summed E-state index contributed by atoms with van der Waals surface area (Å²) in [4.78, 5) is 0. The predicted octanol–water partition coefficient (Wildman–Crippen LogP) is 2.91. The summed E-state index contributed by atoms with van der Waals surface area (Å²) in [6.45, 7) is 17.5. The Morgan fingerprint density at radius 2 is 1.86 bits per heavy atom. The smallest absolute Gasteiger partial charge is 0.192 e. The molecule has 2 N–H and O–H groups in total. The van der Waals surface area contributed by atoms with E-state index in [1.165, 1.54) is 0 Å². The Hall–Kier alpha value is -0.123. The fraction of sp³-hybridized carbons (Fsp3) is 0.818. The summed E-state index contributed by atoms with van der Waals surface area (Å²) >= 11 is 0. The summed E-state index contributed by atoms with van der Waals surface area (Å²) in [5.74, 6) is 0. The van der Waals surface area contributed by atoms with E-state index >= 15 is 0 Å². The Balaban J connectivity index is 4.20. The van der Waals surface area contributed by atoms with Gasteiger partial charge in [0.15, 0.2) is 8.32 Å². The van der Waals surface area contributed by atoms with Crippen LogP contribution in [0.3, 0.4) is 0 Å². The Bertz CT molecular complexity index is 206. The van der Waals surface area contributed by atoms with Crippen LogP contribution in [0.4, 0.5) is 0 Å². The van der Waals surface area contributed by atoms with Gasteiger partial charge in [-0.2, -0.15) is 0 Å². The first-order chi connectivity index (χ1) is 6.08. The van der Waals surface area contributed by atoms with Crippen molar-refractivity contribution in [3.05, 3.63) is 12.2 Å². The minimum Gasteiger partial charge on any atom is -0.415 e. The van der Waals surface area contributed by atoms with E-state index in [-0.39, 0.29) is 11.1 Å². The molecule has 0 unspecified atom stereocenters. The maximum atomic E-state index is 5.97. The molecule has 0 aliphatic carbocycles. The molecule has 0 saturated heterocycles. The van der Waals surface area contributed by atoms with Gasteiger partial charge in [-0.15, -0.1) is 0 Å². The monoisotopic (exact) mass is 215 g/mol. The van der Waals surface area contributed by atoms with Crippen LogP contribution in [-0.4, -0.2) is 21.0 Å². The average molecular weight is 215 g/mol. The number of nitrogens with two attached hydrogens (primary N) is 1. The molecule has 0 spiro atoms. The molecular formula is C11H25NOSi. The highest BCUT2D eigenvalue weighted by atomic mass is 28.4. The van der Waals surface area contributed by atoms with E-state index in [4.69, 9.17) is 10.2 Å². The van der Waals surface area contributed by atoms with Gasteiger partial charge in [-0.25, -0.2) is 0 Å². The van der Waals surface area contributed by atoms with Gasteiger partial charge in [-0.1, -0.05) is 32.9 Å². The molecule has 0 aromatic rings. The highest BCUT2D eigenvalue weighted by Crippen LogP contribution is 2.36. The molecule has 0 amide bonds. The van der Waals surface area contributed by atoms with Gasteiger partial charge in [0.25, 0.3) is 0 Å². The maximum absolute atomic E-state index is 5.97. The van der Waals surface area contributed by atoms with Crippen molar-refractivity contribution >= 4 is 8.32 Å². The third-order valence-corrected chi connectivity index (χ3v) is 7.56. The van der Waals surface area contributed by atoms with E-state index < -0.39 is 8.32 Å². The second kappa shape index (κ2) is 4.60. The van der Waals surface area contributed by atoms with E-state index in [2.05, 4.69) is 40.4 Å². The summed E-state index contributed by atoms with van der Waals surface area (Å²) in [7, 11) is -1.63. The molecule has 0 radical (unpaired) electrons. The lowest BCUT2D eigenvalue weighted by Crippen LogP contribution is -2.44. The minimum absolute atomic E-state index is 0.0240. The SMILES string of the molecule is C=C(C)[C@H](N)CO[Si](C)(C)C(C)(C)C. The van der Waals surface area contributed by atoms with Crippen molar-refractivity contribution in [2.24, 2.45) is 5.73 Å². The maximum Gasteiger partial charge on any atom is 0.192 e. The fourth-order valence-corrected chi connectivity index (χ4v) is 1.69. The molecule has 0 aromatic carbocycles. The number of rotatable bonds is 4. The van der Waals surface area contributed by atoms with Crippen LogP contribution in [0.2, 0.25) is 18.1 Å². The van der Waals surface area contributed by atoms with Crippen molar-refractivity contribution in [1.29, 1.82) is 0 Å².